The molecule has 0 radical (unpaired) electrons. The molecule has 2 aromatic rings. The molecule has 0 bridgehead atoms. The van der Waals surface area contributed by atoms with E-state index in [4.69, 9.17) is 9.15 Å². The molecule has 128 valence electrons. The molecule has 1 aliphatic heterocycles. The zero-order valence-corrected chi connectivity index (χ0v) is 13.8. The maximum atomic E-state index is 12.2. The third kappa shape index (κ3) is 4.37. The Morgan fingerprint density at radius 3 is 2.62 bits per heavy atom. The lowest BCUT2D eigenvalue weighted by Crippen LogP contribution is -2.44. The van der Waals surface area contributed by atoms with E-state index in [0.717, 1.165) is 30.1 Å². The predicted octanol–water partition coefficient (Wildman–Crippen LogP) is 2.78. The molecule has 2 amide bonds. The Morgan fingerprint density at radius 1 is 1.21 bits per heavy atom. The zero-order chi connectivity index (χ0) is 16.8. The summed E-state index contributed by atoms with van der Waals surface area (Å²) < 4.78 is 11.0. The van der Waals surface area contributed by atoms with E-state index < -0.39 is 0 Å². The van der Waals surface area contributed by atoms with Gasteiger partial charge in [-0.25, -0.2) is 4.79 Å². The van der Waals surface area contributed by atoms with Gasteiger partial charge in [0.2, 0.25) is 0 Å². The second kappa shape index (κ2) is 7.99. The van der Waals surface area contributed by atoms with Crippen molar-refractivity contribution in [3.05, 3.63) is 54.0 Å². The van der Waals surface area contributed by atoms with E-state index in [2.05, 4.69) is 15.5 Å². The summed E-state index contributed by atoms with van der Waals surface area (Å²) in [5, 5.41) is 5.79. The van der Waals surface area contributed by atoms with Gasteiger partial charge in [0.15, 0.2) is 0 Å². The lowest BCUT2D eigenvalue weighted by molar-refractivity contribution is 0.0124. The molecule has 2 heterocycles. The number of nitrogens with zero attached hydrogens (tertiary/aromatic N) is 1. The first-order valence-electron chi connectivity index (χ1n) is 8.19. The second-order valence-electron chi connectivity index (χ2n) is 5.88. The smallest absolute Gasteiger partial charge is 0.319 e. The molecule has 24 heavy (non-hydrogen) atoms. The molecule has 1 saturated heterocycles. The number of carbonyl (C=O) groups is 1. The number of ether oxygens (including phenoxy) is 1. The molecular formula is C18H23N3O3. The number of hydrogen-bond donors (Lipinski definition) is 2. The number of hydrogen-bond acceptors (Lipinski definition) is 4. The van der Waals surface area contributed by atoms with Crippen LogP contribution in [-0.4, -0.2) is 43.8 Å². The van der Waals surface area contributed by atoms with E-state index in [1.165, 1.54) is 0 Å². The van der Waals surface area contributed by atoms with Crippen LogP contribution in [0.3, 0.4) is 0 Å². The second-order valence-corrected chi connectivity index (χ2v) is 5.88. The van der Waals surface area contributed by atoms with Gasteiger partial charge in [-0.15, -0.1) is 0 Å². The van der Waals surface area contributed by atoms with E-state index in [0.29, 0.717) is 19.8 Å². The molecule has 3 rings (SSSR count). The highest BCUT2D eigenvalue weighted by Crippen LogP contribution is 2.21. The first-order chi connectivity index (χ1) is 11.7. The third-order valence-corrected chi connectivity index (χ3v) is 4.12. The van der Waals surface area contributed by atoms with Gasteiger partial charge in [0.1, 0.15) is 5.76 Å². The summed E-state index contributed by atoms with van der Waals surface area (Å²) >= 11 is 0. The number of aryl methyl sites for hydroxylation is 1. The number of anilines is 1. The van der Waals surface area contributed by atoms with Crippen LogP contribution in [0.4, 0.5) is 10.5 Å². The van der Waals surface area contributed by atoms with Crippen molar-refractivity contribution in [3.63, 3.8) is 0 Å². The molecular weight excluding hydrogens is 306 g/mol. The van der Waals surface area contributed by atoms with Crippen LogP contribution in [0.15, 0.2) is 47.1 Å². The van der Waals surface area contributed by atoms with Crippen molar-refractivity contribution >= 4 is 11.7 Å². The van der Waals surface area contributed by atoms with Crippen LogP contribution in [0.25, 0.3) is 0 Å². The Morgan fingerprint density at radius 2 is 1.96 bits per heavy atom. The first-order valence-corrected chi connectivity index (χ1v) is 8.19. The molecule has 0 saturated carbocycles. The maximum Gasteiger partial charge on any atom is 0.319 e. The van der Waals surface area contributed by atoms with Crippen molar-refractivity contribution in [1.82, 2.24) is 10.2 Å². The zero-order valence-electron chi connectivity index (χ0n) is 13.8. The lowest BCUT2D eigenvalue weighted by atomic mass is 10.1. The number of urea groups is 1. The Hall–Kier alpha value is -2.31. The minimum atomic E-state index is -0.219. The van der Waals surface area contributed by atoms with Gasteiger partial charge >= 0.3 is 6.03 Å². The van der Waals surface area contributed by atoms with E-state index >= 15 is 0 Å². The van der Waals surface area contributed by atoms with Crippen LogP contribution >= 0.6 is 0 Å². The number of amides is 2. The Bertz CT molecular complexity index is 634. The fourth-order valence-electron chi connectivity index (χ4n) is 2.78. The molecule has 1 aliphatic rings. The van der Waals surface area contributed by atoms with Gasteiger partial charge < -0.3 is 19.8 Å². The van der Waals surface area contributed by atoms with Crippen molar-refractivity contribution in [1.29, 1.82) is 0 Å². The highest BCUT2D eigenvalue weighted by molar-refractivity contribution is 5.89. The van der Waals surface area contributed by atoms with E-state index in [9.17, 15) is 4.79 Å². The molecule has 6 nitrogen and oxygen atoms in total. The molecule has 1 atom stereocenters. The van der Waals surface area contributed by atoms with Gasteiger partial charge in [0.05, 0.1) is 25.5 Å². The van der Waals surface area contributed by atoms with Gasteiger partial charge in [-0.1, -0.05) is 17.7 Å². The third-order valence-electron chi connectivity index (χ3n) is 4.12. The molecule has 1 unspecified atom stereocenters. The van der Waals surface area contributed by atoms with Crippen LogP contribution in [-0.2, 0) is 4.74 Å². The van der Waals surface area contributed by atoms with E-state index in [-0.39, 0.29) is 12.1 Å². The van der Waals surface area contributed by atoms with Gasteiger partial charge in [0, 0.05) is 25.3 Å². The SMILES string of the molecule is Cc1ccc(NC(=O)NCC(c2ccco2)N2CCOCC2)cc1. The quantitative estimate of drug-likeness (QED) is 0.885. The molecule has 6 heteroatoms. The van der Waals surface area contributed by atoms with Gasteiger partial charge in [-0.05, 0) is 31.2 Å². The summed E-state index contributed by atoms with van der Waals surface area (Å²) in [7, 11) is 0. The largest absolute Gasteiger partial charge is 0.468 e. The number of furan rings is 1. The van der Waals surface area contributed by atoms with Gasteiger partial charge in [0.25, 0.3) is 0 Å². The van der Waals surface area contributed by atoms with Crippen molar-refractivity contribution in [2.75, 3.05) is 38.2 Å². The topological polar surface area (TPSA) is 66.7 Å². The molecule has 0 aliphatic carbocycles. The van der Waals surface area contributed by atoms with Crippen LogP contribution in [0, 0.1) is 6.92 Å². The van der Waals surface area contributed by atoms with Gasteiger partial charge in [-0.2, -0.15) is 0 Å². The summed E-state index contributed by atoms with van der Waals surface area (Å²) in [6.45, 7) is 5.55. The fourth-order valence-corrected chi connectivity index (χ4v) is 2.78. The van der Waals surface area contributed by atoms with Gasteiger partial charge in [-0.3, -0.25) is 4.90 Å². The Balaban J connectivity index is 1.58. The summed E-state index contributed by atoms with van der Waals surface area (Å²) in [6.07, 6.45) is 1.66. The van der Waals surface area contributed by atoms with E-state index in [1.54, 1.807) is 6.26 Å². The number of carbonyl (C=O) groups excluding carboxylic acids is 1. The summed E-state index contributed by atoms with van der Waals surface area (Å²) in [5.74, 6) is 0.854. The lowest BCUT2D eigenvalue weighted by Gasteiger charge is -2.33. The highest BCUT2D eigenvalue weighted by atomic mass is 16.5. The molecule has 1 fully saturated rings. The van der Waals surface area contributed by atoms with E-state index in [1.807, 2.05) is 43.3 Å². The average molecular weight is 329 g/mol. The van der Waals surface area contributed by atoms with Crippen LogP contribution in [0.1, 0.15) is 17.4 Å². The number of morpholine rings is 1. The first kappa shape index (κ1) is 16.5. The molecule has 0 spiro atoms. The monoisotopic (exact) mass is 329 g/mol. The normalized spacial score (nSPS) is 16.5. The minimum absolute atomic E-state index is 0.00710. The fraction of sp³-hybridized carbons (Fsp3) is 0.389. The number of rotatable bonds is 5. The number of benzene rings is 1. The molecule has 1 aromatic carbocycles. The summed E-state index contributed by atoms with van der Waals surface area (Å²) in [5.41, 5.74) is 1.94. The van der Waals surface area contributed by atoms with Crippen molar-refractivity contribution in [3.8, 4) is 0 Å². The van der Waals surface area contributed by atoms with Crippen LogP contribution in [0.5, 0.6) is 0 Å². The maximum absolute atomic E-state index is 12.2. The average Bonchev–Trinajstić information content (AvgIpc) is 3.12. The summed E-state index contributed by atoms with van der Waals surface area (Å²) in [6, 6.07) is 11.3. The van der Waals surface area contributed by atoms with Crippen molar-refractivity contribution in [2.45, 2.75) is 13.0 Å². The van der Waals surface area contributed by atoms with Crippen molar-refractivity contribution in [2.24, 2.45) is 0 Å². The number of nitrogens with one attached hydrogen (secondary N) is 2. The van der Waals surface area contributed by atoms with Crippen LogP contribution in [0.2, 0.25) is 0 Å². The summed E-state index contributed by atoms with van der Waals surface area (Å²) in [4.78, 5) is 14.4. The molecule has 1 aromatic heterocycles. The standard InChI is InChI=1S/C18H23N3O3/c1-14-4-6-15(7-5-14)20-18(22)19-13-16(17-3-2-10-24-17)21-8-11-23-12-9-21/h2-7,10,16H,8-9,11-13H2,1H3,(H2,19,20,22). The minimum Gasteiger partial charge on any atom is -0.468 e. The van der Waals surface area contributed by atoms with Crippen molar-refractivity contribution < 1.29 is 13.9 Å². The predicted molar refractivity (Wildman–Crippen MR) is 92.0 cm³/mol. The van der Waals surface area contributed by atoms with Crippen LogP contribution < -0.4 is 10.6 Å². The Labute approximate surface area is 141 Å². The molecule has 2 N–H and O–H groups in total. The highest BCUT2D eigenvalue weighted by Gasteiger charge is 2.25. The Kier molecular flexibility index (Phi) is 5.51.